The maximum absolute atomic E-state index is 13.7. The lowest BCUT2D eigenvalue weighted by atomic mass is 9.93. The minimum absolute atomic E-state index is 0.131. The van der Waals surface area contributed by atoms with Crippen LogP contribution in [0.1, 0.15) is 37.8 Å². The Morgan fingerprint density at radius 2 is 1.79 bits per heavy atom. The van der Waals surface area contributed by atoms with Gasteiger partial charge in [0.05, 0.1) is 22.6 Å². The third kappa shape index (κ3) is 3.15. The quantitative estimate of drug-likeness (QED) is 0.590. The second-order valence-electron chi connectivity index (χ2n) is 7.76. The molecule has 29 heavy (non-hydrogen) atoms. The first-order valence-electron chi connectivity index (χ1n) is 10.1. The highest BCUT2D eigenvalue weighted by Crippen LogP contribution is 2.40. The average molecular weight is 451 g/mol. The number of hydrogen-bond donors (Lipinski definition) is 1. The van der Waals surface area contributed by atoms with E-state index in [1.165, 1.54) is 6.42 Å². The summed E-state index contributed by atoms with van der Waals surface area (Å²) >= 11 is 3.53. The lowest BCUT2D eigenvalue weighted by Gasteiger charge is -2.35. The van der Waals surface area contributed by atoms with Gasteiger partial charge in [-0.3, -0.25) is 9.36 Å². The Hall–Kier alpha value is -2.60. The first-order valence-corrected chi connectivity index (χ1v) is 10.9. The van der Waals surface area contributed by atoms with E-state index in [0.717, 1.165) is 64.2 Å². The van der Waals surface area contributed by atoms with Crippen LogP contribution in [0.2, 0.25) is 0 Å². The SMILES string of the molecule is CC1=C(C(=O)N2CCCCC2)C(c2ccc(Br)cc2)n2c(nc3ccccc32)N1. The number of carbonyl (C=O) groups excluding carboxylic acids is 1. The van der Waals surface area contributed by atoms with Crippen molar-refractivity contribution in [3.05, 3.63) is 69.8 Å². The number of likely N-dealkylation sites (tertiary alicyclic amines) is 1. The van der Waals surface area contributed by atoms with Crippen LogP contribution in [-0.2, 0) is 4.79 Å². The van der Waals surface area contributed by atoms with E-state index in [-0.39, 0.29) is 11.9 Å². The number of rotatable bonds is 2. The summed E-state index contributed by atoms with van der Waals surface area (Å²) in [4.78, 5) is 20.5. The van der Waals surface area contributed by atoms with Crippen LogP contribution in [0.4, 0.5) is 5.95 Å². The van der Waals surface area contributed by atoms with Crippen molar-refractivity contribution in [3.8, 4) is 0 Å². The van der Waals surface area contributed by atoms with Crippen LogP contribution >= 0.6 is 15.9 Å². The smallest absolute Gasteiger partial charge is 0.254 e. The molecule has 0 radical (unpaired) electrons. The average Bonchev–Trinajstić information content (AvgIpc) is 3.11. The number of allylic oxidation sites excluding steroid dienone is 1. The third-order valence-electron chi connectivity index (χ3n) is 5.89. The van der Waals surface area contributed by atoms with Gasteiger partial charge in [0.1, 0.15) is 0 Å². The molecular weight excluding hydrogens is 428 g/mol. The van der Waals surface area contributed by atoms with Crippen molar-refractivity contribution < 1.29 is 4.79 Å². The molecule has 1 amide bonds. The molecule has 0 aliphatic carbocycles. The number of fused-ring (bicyclic) bond motifs is 3. The Balaban J connectivity index is 1.69. The topological polar surface area (TPSA) is 50.2 Å². The van der Waals surface area contributed by atoms with Gasteiger partial charge in [-0.1, -0.05) is 40.2 Å². The molecule has 148 valence electrons. The summed E-state index contributed by atoms with van der Waals surface area (Å²) in [5, 5.41) is 3.41. The van der Waals surface area contributed by atoms with Crippen molar-refractivity contribution in [2.24, 2.45) is 0 Å². The van der Waals surface area contributed by atoms with Crippen LogP contribution in [0.3, 0.4) is 0 Å². The largest absolute Gasteiger partial charge is 0.339 e. The van der Waals surface area contributed by atoms with Gasteiger partial charge >= 0.3 is 0 Å². The minimum Gasteiger partial charge on any atom is -0.339 e. The number of para-hydroxylation sites is 2. The second kappa shape index (κ2) is 7.34. The van der Waals surface area contributed by atoms with E-state index in [9.17, 15) is 4.79 Å². The molecular formula is C23H23BrN4O. The zero-order valence-corrected chi connectivity index (χ0v) is 17.9. The van der Waals surface area contributed by atoms with Crippen molar-refractivity contribution in [3.63, 3.8) is 0 Å². The van der Waals surface area contributed by atoms with Crippen LogP contribution in [0.5, 0.6) is 0 Å². The van der Waals surface area contributed by atoms with E-state index < -0.39 is 0 Å². The fraction of sp³-hybridized carbons (Fsp3) is 0.304. The number of nitrogens with one attached hydrogen (secondary N) is 1. The first kappa shape index (κ1) is 18.4. The maximum Gasteiger partial charge on any atom is 0.254 e. The lowest BCUT2D eigenvalue weighted by Crippen LogP contribution is -2.40. The monoisotopic (exact) mass is 450 g/mol. The van der Waals surface area contributed by atoms with Gasteiger partial charge in [-0.15, -0.1) is 0 Å². The van der Waals surface area contributed by atoms with Crippen molar-refractivity contribution in [2.75, 3.05) is 18.4 Å². The minimum atomic E-state index is -0.207. The molecule has 1 unspecified atom stereocenters. The number of imidazole rings is 1. The molecule has 3 heterocycles. The van der Waals surface area contributed by atoms with E-state index in [1.54, 1.807) is 0 Å². The van der Waals surface area contributed by atoms with Gasteiger partial charge in [-0.2, -0.15) is 0 Å². The summed E-state index contributed by atoms with van der Waals surface area (Å²) in [6.07, 6.45) is 3.36. The molecule has 2 aromatic carbocycles. The highest BCUT2D eigenvalue weighted by Gasteiger charge is 2.36. The van der Waals surface area contributed by atoms with E-state index in [2.05, 4.69) is 44.0 Å². The predicted molar refractivity (Wildman–Crippen MR) is 119 cm³/mol. The molecule has 6 heteroatoms. The Labute approximate surface area is 178 Å². The number of anilines is 1. The van der Waals surface area contributed by atoms with Gasteiger partial charge in [-0.05, 0) is 56.0 Å². The molecule has 2 aliphatic heterocycles. The summed E-state index contributed by atoms with van der Waals surface area (Å²) in [6, 6.07) is 16.2. The van der Waals surface area contributed by atoms with Crippen LogP contribution in [0.25, 0.3) is 11.0 Å². The van der Waals surface area contributed by atoms with Crippen LogP contribution in [0, 0.1) is 0 Å². The Morgan fingerprint density at radius 1 is 1.07 bits per heavy atom. The van der Waals surface area contributed by atoms with Crippen molar-refractivity contribution >= 4 is 38.8 Å². The number of aromatic nitrogens is 2. The molecule has 1 atom stereocenters. The summed E-state index contributed by atoms with van der Waals surface area (Å²) in [7, 11) is 0. The van der Waals surface area contributed by atoms with Crippen LogP contribution in [0.15, 0.2) is 64.3 Å². The van der Waals surface area contributed by atoms with Gasteiger partial charge in [0.2, 0.25) is 5.95 Å². The molecule has 2 aliphatic rings. The van der Waals surface area contributed by atoms with E-state index in [4.69, 9.17) is 4.98 Å². The first-order chi connectivity index (χ1) is 14.1. The molecule has 3 aromatic rings. The molecule has 1 fully saturated rings. The highest BCUT2D eigenvalue weighted by atomic mass is 79.9. The fourth-order valence-corrected chi connectivity index (χ4v) is 4.73. The normalized spacial score (nSPS) is 19.2. The zero-order chi connectivity index (χ0) is 20.0. The Bertz CT molecular complexity index is 1110. The fourth-order valence-electron chi connectivity index (χ4n) is 4.47. The van der Waals surface area contributed by atoms with E-state index in [0.29, 0.717) is 0 Å². The maximum atomic E-state index is 13.7. The summed E-state index contributed by atoms with van der Waals surface area (Å²) in [5.74, 6) is 0.915. The molecule has 0 saturated carbocycles. The molecule has 0 bridgehead atoms. The number of nitrogens with zero attached hydrogens (tertiary/aromatic N) is 3. The predicted octanol–water partition coefficient (Wildman–Crippen LogP) is 5.10. The molecule has 1 aromatic heterocycles. The Kier molecular flexibility index (Phi) is 4.66. The van der Waals surface area contributed by atoms with Crippen LogP contribution in [-0.4, -0.2) is 33.4 Å². The van der Waals surface area contributed by atoms with Crippen molar-refractivity contribution in [1.29, 1.82) is 0 Å². The lowest BCUT2D eigenvalue weighted by molar-refractivity contribution is -0.128. The van der Waals surface area contributed by atoms with Crippen molar-refractivity contribution in [1.82, 2.24) is 14.5 Å². The third-order valence-corrected chi connectivity index (χ3v) is 6.42. The molecule has 1 saturated heterocycles. The molecule has 0 spiro atoms. The number of halogens is 1. The second-order valence-corrected chi connectivity index (χ2v) is 8.68. The number of hydrogen-bond acceptors (Lipinski definition) is 3. The number of benzene rings is 2. The number of amides is 1. The van der Waals surface area contributed by atoms with Gasteiger partial charge in [0.15, 0.2) is 0 Å². The highest BCUT2D eigenvalue weighted by molar-refractivity contribution is 9.10. The zero-order valence-electron chi connectivity index (χ0n) is 16.4. The molecule has 1 N–H and O–H groups in total. The van der Waals surface area contributed by atoms with Gasteiger partial charge in [0.25, 0.3) is 5.91 Å². The summed E-state index contributed by atoms with van der Waals surface area (Å²) in [5.41, 5.74) is 4.73. The van der Waals surface area contributed by atoms with Crippen molar-refractivity contribution in [2.45, 2.75) is 32.2 Å². The summed E-state index contributed by atoms with van der Waals surface area (Å²) < 4.78 is 3.19. The van der Waals surface area contributed by atoms with Gasteiger partial charge < -0.3 is 10.2 Å². The van der Waals surface area contributed by atoms with E-state index >= 15 is 0 Å². The van der Waals surface area contributed by atoms with E-state index in [1.807, 2.05) is 42.2 Å². The summed E-state index contributed by atoms with van der Waals surface area (Å²) in [6.45, 7) is 3.66. The van der Waals surface area contributed by atoms with Crippen LogP contribution < -0.4 is 5.32 Å². The van der Waals surface area contributed by atoms with Gasteiger partial charge in [-0.25, -0.2) is 4.98 Å². The molecule has 5 nitrogen and oxygen atoms in total. The number of carbonyl (C=O) groups is 1. The number of piperidine rings is 1. The molecule has 5 rings (SSSR count). The Morgan fingerprint density at radius 3 is 2.55 bits per heavy atom. The van der Waals surface area contributed by atoms with Gasteiger partial charge in [0, 0.05) is 23.3 Å². The standard InChI is InChI=1S/C23H23BrN4O/c1-15-20(22(29)27-13-5-2-6-14-27)21(16-9-11-17(24)12-10-16)28-19-8-4-3-7-18(19)26-23(28)25-15/h3-4,7-12,21H,2,5-6,13-14H2,1H3,(H,25,26).